The van der Waals surface area contributed by atoms with Crippen LogP contribution in [-0.2, 0) is 13.6 Å². The quantitative estimate of drug-likeness (QED) is 0.501. The Bertz CT molecular complexity index is 255. The van der Waals surface area contributed by atoms with Crippen molar-refractivity contribution in [2.24, 2.45) is 5.92 Å². The van der Waals surface area contributed by atoms with E-state index in [0.29, 0.717) is 12.2 Å². The summed E-state index contributed by atoms with van der Waals surface area (Å²) >= 11 is 0. The van der Waals surface area contributed by atoms with Crippen LogP contribution in [-0.4, -0.2) is 34.0 Å². The zero-order valence-electron chi connectivity index (χ0n) is 12.1. The summed E-state index contributed by atoms with van der Waals surface area (Å²) in [5.74, 6) is 0.816. The topological polar surface area (TPSA) is 31.0 Å². The molecule has 1 saturated carbocycles. The maximum atomic E-state index is 6.20. The third-order valence-electron chi connectivity index (χ3n) is 4.49. The lowest BCUT2D eigenvalue weighted by Gasteiger charge is -2.29. The van der Waals surface area contributed by atoms with Gasteiger partial charge in [-0.25, -0.2) is 0 Å². The smallest absolute Gasteiger partial charge is 0.337 e. The first-order chi connectivity index (χ1) is 8.73. The predicted octanol–water partition coefficient (Wildman–Crippen LogP) is 3.48. The second kappa shape index (κ2) is 6.50. The van der Waals surface area contributed by atoms with Gasteiger partial charge in [0.05, 0.1) is 12.2 Å². The molecule has 0 radical (unpaired) electrons. The predicted molar refractivity (Wildman–Crippen MR) is 74.9 cm³/mol. The molecule has 3 unspecified atom stereocenters. The van der Waals surface area contributed by atoms with Crippen LogP contribution in [0.15, 0.2) is 0 Å². The Labute approximate surface area is 112 Å². The largest absolute Gasteiger partial charge is 0.395 e. The highest BCUT2D eigenvalue weighted by Crippen LogP contribution is 2.40. The standard InChI is InChI=1S/C14H28O3Si/c1-4-15-18(5-2,6-3)16-10-9-12-7-8-13-14(11-12)17-13/h12-14H,4-11H2,1-3H3. The molecule has 0 aromatic rings. The van der Waals surface area contributed by atoms with Crippen LogP contribution in [0.1, 0.15) is 46.5 Å². The monoisotopic (exact) mass is 272 g/mol. The normalized spacial score (nSPS) is 31.2. The van der Waals surface area contributed by atoms with E-state index in [0.717, 1.165) is 31.2 Å². The number of fused-ring (bicyclic) bond motifs is 1. The van der Waals surface area contributed by atoms with Gasteiger partial charge in [0.1, 0.15) is 0 Å². The minimum absolute atomic E-state index is 0.593. The fourth-order valence-electron chi connectivity index (χ4n) is 3.12. The molecule has 1 heterocycles. The second-order valence-corrected chi connectivity index (χ2v) is 9.39. The summed E-state index contributed by atoms with van der Waals surface area (Å²) in [4.78, 5) is 0. The van der Waals surface area contributed by atoms with Crippen LogP contribution in [0.25, 0.3) is 0 Å². The molecule has 2 rings (SSSR count). The second-order valence-electron chi connectivity index (χ2n) is 5.58. The van der Waals surface area contributed by atoms with Crippen LogP contribution >= 0.6 is 0 Å². The summed E-state index contributed by atoms with van der Waals surface area (Å²) in [5, 5.41) is 0. The Hall–Kier alpha value is 0.0969. The first-order valence-corrected chi connectivity index (χ1v) is 9.89. The Morgan fingerprint density at radius 1 is 1.06 bits per heavy atom. The van der Waals surface area contributed by atoms with Crippen molar-refractivity contribution in [3.05, 3.63) is 0 Å². The van der Waals surface area contributed by atoms with Crippen molar-refractivity contribution in [3.63, 3.8) is 0 Å². The van der Waals surface area contributed by atoms with E-state index < -0.39 is 8.56 Å². The van der Waals surface area contributed by atoms with Crippen LogP contribution in [0.4, 0.5) is 0 Å². The molecule has 3 atom stereocenters. The molecule has 0 spiro atoms. The molecule has 2 aliphatic rings. The number of epoxide rings is 1. The van der Waals surface area contributed by atoms with Gasteiger partial charge in [0.15, 0.2) is 0 Å². The molecule has 2 fully saturated rings. The minimum Gasteiger partial charge on any atom is -0.395 e. The molecule has 3 nitrogen and oxygen atoms in total. The fraction of sp³-hybridized carbons (Fsp3) is 1.00. The summed E-state index contributed by atoms with van der Waals surface area (Å²) in [6.45, 7) is 8.15. The number of rotatable bonds is 8. The molecular formula is C14H28O3Si. The van der Waals surface area contributed by atoms with Gasteiger partial charge in [0, 0.05) is 13.2 Å². The maximum absolute atomic E-state index is 6.20. The molecule has 1 aliphatic carbocycles. The van der Waals surface area contributed by atoms with Gasteiger partial charge >= 0.3 is 8.56 Å². The molecule has 0 amide bonds. The van der Waals surface area contributed by atoms with Crippen molar-refractivity contribution < 1.29 is 13.6 Å². The van der Waals surface area contributed by atoms with Gasteiger partial charge in [-0.3, -0.25) is 0 Å². The SMILES string of the molecule is CCO[Si](CC)(CC)OCCC1CCC2OC2C1. The summed E-state index contributed by atoms with van der Waals surface area (Å²) in [6.07, 6.45) is 6.25. The van der Waals surface area contributed by atoms with E-state index >= 15 is 0 Å². The van der Waals surface area contributed by atoms with Gasteiger partial charge in [-0.05, 0) is 50.6 Å². The van der Waals surface area contributed by atoms with E-state index in [1.807, 2.05) is 0 Å². The third kappa shape index (κ3) is 3.56. The third-order valence-corrected chi connectivity index (χ3v) is 8.19. The molecule has 0 N–H and O–H groups in total. The Balaban J connectivity index is 1.68. The summed E-state index contributed by atoms with van der Waals surface area (Å²) in [6, 6.07) is 2.13. The van der Waals surface area contributed by atoms with E-state index in [2.05, 4.69) is 20.8 Å². The average molecular weight is 272 g/mol. The molecule has 18 heavy (non-hydrogen) atoms. The fourth-order valence-corrected chi connectivity index (χ4v) is 5.54. The lowest BCUT2D eigenvalue weighted by Crippen LogP contribution is -2.41. The average Bonchev–Trinajstić information content (AvgIpc) is 3.16. The van der Waals surface area contributed by atoms with Crippen molar-refractivity contribution >= 4 is 8.56 Å². The molecule has 1 aliphatic heterocycles. The van der Waals surface area contributed by atoms with Crippen LogP contribution in [0.2, 0.25) is 12.1 Å². The number of hydrogen-bond donors (Lipinski definition) is 0. The highest BCUT2D eigenvalue weighted by atomic mass is 28.4. The van der Waals surface area contributed by atoms with Gasteiger partial charge in [0.2, 0.25) is 0 Å². The summed E-state index contributed by atoms with van der Waals surface area (Å²) in [5.41, 5.74) is 0. The molecule has 0 aromatic heterocycles. The van der Waals surface area contributed by atoms with Crippen molar-refractivity contribution in [3.8, 4) is 0 Å². The van der Waals surface area contributed by atoms with E-state index in [4.69, 9.17) is 13.6 Å². The zero-order valence-corrected chi connectivity index (χ0v) is 13.1. The molecule has 106 valence electrons. The highest BCUT2D eigenvalue weighted by Gasteiger charge is 2.43. The molecule has 1 saturated heterocycles. The van der Waals surface area contributed by atoms with Crippen LogP contribution in [0.5, 0.6) is 0 Å². The van der Waals surface area contributed by atoms with Gasteiger partial charge < -0.3 is 13.6 Å². The Morgan fingerprint density at radius 3 is 2.44 bits per heavy atom. The van der Waals surface area contributed by atoms with Crippen molar-refractivity contribution in [1.82, 2.24) is 0 Å². The molecular weight excluding hydrogens is 244 g/mol. The minimum atomic E-state index is -1.87. The molecule has 0 aromatic carbocycles. The zero-order chi connectivity index (χ0) is 13.0. The Kier molecular flexibility index (Phi) is 5.24. The van der Waals surface area contributed by atoms with E-state index in [9.17, 15) is 0 Å². The van der Waals surface area contributed by atoms with Crippen LogP contribution < -0.4 is 0 Å². The number of ether oxygens (including phenoxy) is 1. The number of hydrogen-bond acceptors (Lipinski definition) is 3. The lowest BCUT2D eigenvalue weighted by atomic mass is 9.87. The van der Waals surface area contributed by atoms with Crippen LogP contribution in [0, 0.1) is 5.92 Å². The van der Waals surface area contributed by atoms with Crippen molar-refractivity contribution in [1.29, 1.82) is 0 Å². The van der Waals surface area contributed by atoms with Crippen molar-refractivity contribution in [2.45, 2.75) is 70.8 Å². The van der Waals surface area contributed by atoms with Gasteiger partial charge in [-0.15, -0.1) is 0 Å². The highest BCUT2D eigenvalue weighted by molar-refractivity contribution is 6.67. The van der Waals surface area contributed by atoms with Gasteiger partial charge in [-0.2, -0.15) is 0 Å². The van der Waals surface area contributed by atoms with Gasteiger partial charge in [0.25, 0.3) is 0 Å². The van der Waals surface area contributed by atoms with E-state index in [-0.39, 0.29) is 0 Å². The van der Waals surface area contributed by atoms with Crippen LogP contribution in [0.3, 0.4) is 0 Å². The molecule has 0 bridgehead atoms. The first kappa shape index (κ1) is 14.5. The van der Waals surface area contributed by atoms with Gasteiger partial charge in [-0.1, -0.05) is 13.8 Å². The summed E-state index contributed by atoms with van der Waals surface area (Å²) in [7, 11) is -1.87. The van der Waals surface area contributed by atoms with E-state index in [1.54, 1.807) is 0 Å². The first-order valence-electron chi connectivity index (χ1n) is 7.66. The lowest BCUT2D eigenvalue weighted by molar-refractivity contribution is 0.160. The Morgan fingerprint density at radius 2 is 1.83 bits per heavy atom. The van der Waals surface area contributed by atoms with Crippen molar-refractivity contribution in [2.75, 3.05) is 13.2 Å². The summed E-state index contributed by atoms with van der Waals surface area (Å²) < 4.78 is 17.7. The molecule has 4 heteroatoms. The maximum Gasteiger partial charge on any atom is 0.337 e. The van der Waals surface area contributed by atoms with E-state index in [1.165, 1.54) is 25.7 Å².